The van der Waals surface area contributed by atoms with E-state index >= 15 is 0 Å². The van der Waals surface area contributed by atoms with Crippen molar-refractivity contribution in [1.29, 1.82) is 0 Å². The van der Waals surface area contributed by atoms with E-state index in [2.05, 4.69) is 29.3 Å². The quantitative estimate of drug-likeness (QED) is 0.884. The largest absolute Gasteiger partial charge is 0.395 e. The number of amides is 1. The molecule has 2 N–H and O–H groups in total. The third kappa shape index (κ3) is 3.38. The van der Waals surface area contributed by atoms with Crippen molar-refractivity contribution < 1.29 is 9.90 Å². The summed E-state index contributed by atoms with van der Waals surface area (Å²) in [6.07, 6.45) is 2.04. The van der Waals surface area contributed by atoms with Gasteiger partial charge in [-0.25, -0.2) is 0 Å². The van der Waals surface area contributed by atoms with Crippen molar-refractivity contribution in [2.24, 2.45) is 0 Å². The lowest BCUT2D eigenvalue weighted by Crippen LogP contribution is -2.38. The molecule has 4 nitrogen and oxygen atoms in total. The standard InChI is InChI=1S/C16H24N2O2/c1-11-7-12(2)16(13(3)8-11)17-15(20)9-18-6-4-5-14(18)10-19/h7-8,14,19H,4-6,9-10H2,1-3H3,(H,17,20)/t14-/m0/s1. The van der Waals surface area contributed by atoms with Gasteiger partial charge in [-0.1, -0.05) is 17.7 Å². The second kappa shape index (κ2) is 6.37. The number of nitrogens with zero attached hydrogens (tertiary/aromatic N) is 1. The molecule has 2 rings (SSSR count). The fourth-order valence-corrected chi connectivity index (χ4v) is 3.05. The summed E-state index contributed by atoms with van der Waals surface area (Å²) in [6.45, 7) is 7.48. The Morgan fingerprint density at radius 2 is 2.00 bits per heavy atom. The van der Waals surface area contributed by atoms with Crippen molar-refractivity contribution in [3.63, 3.8) is 0 Å². The number of benzene rings is 1. The van der Waals surface area contributed by atoms with Gasteiger partial charge in [0, 0.05) is 11.7 Å². The van der Waals surface area contributed by atoms with Gasteiger partial charge in [0.15, 0.2) is 0 Å². The Hall–Kier alpha value is -1.39. The number of aliphatic hydroxyl groups excluding tert-OH is 1. The van der Waals surface area contributed by atoms with Gasteiger partial charge in [-0.3, -0.25) is 9.69 Å². The zero-order valence-electron chi connectivity index (χ0n) is 12.6. The molecule has 0 saturated carbocycles. The number of likely N-dealkylation sites (tertiary alicyclic amines) is 1. The van der Waals surface area contributed by atoms with Crippen LogP contribution in [0.25, 0.3) is 0 Å². The Morgan fingerprint density at radius 1 is 1.35 bits per heavy atom. The predicted molar refractivity (Wildman–Crippen MR) is 81.0 cm³/mol. The van der Waals surface area contributed by atoms with E-state index in [0.717, 1.165) is 36.2 Å². The number of rotatable bonds is 4. The van der Waals surface area contributed by atoms with Gasteiger partial charge in [0.05, 0.1) is 13.2 Å². The monoisotopic (exact) mass is 276 g/mol. The molecule has 1 aliphatic rings. The summed E-state index contributed by atoms with van der Waals surface area (Å²) in [6, 6.07) is 4.30. The first kappa shape index (κ1) is 15.0. The average molecular weight is 276 g/mol. The molecular formula is C16H24N2O2. The molecule has 1 fully saturated rings. The van der Waals surface area contributed by atoms with E-state index in [1.165, 1.54) is 5.56 Å². The smallest absolute Gasteiger partial charge is 0.238 e. The number of hydrogen-bond donors (Lipinski definition) is 2. The molecule has 0 spiro atoms. The van der Waals surface area contributed by atoms with Crippen LogP contribution in [0.2, 0.25) is 0 Å². The Balaban J connectivity index is 2.01. The lowest BCUT2D eigenvalue weighted by molar-refractivity contribution is -0.117. The first-order valence-corrected chi connectivity index (χ1v) is 7.24. The molecule has 1 saturated heterocycles. The lowest BCUT2D eigenvalue weighted by Gasteiger charge is -2.22. The molecule has 1 aliphatic heterocycles. The minimum Gasteiger partial charge on any atom is -0.395 e. The van der Waals surface area contributed by atoms with E-state index in [4.69, 9.17) is 0 Å². The molecule has 1 amide bonds. The molecule has 110 valence electrons. The molecule has 0 aromatic heterocycles. The van der Waals surface area contributed by atoms with Gasteiger partial charge in [-0.05, 0) is 51.3 Å². The molecule has 1 atom stereocenters. The van der Waals surface area contributed by atoms with Gasteiger partial charge in [-0.2, -0.15) is 0 Å². The highest BCUT2D eigenvalue weighted by Crippen LogP contribution is 2.22. The van der Waals surface area contributed by atoms with Gasteiger partial charge in [0.25, 0.3) is 0 Å². The molecule has 0 bridgehead atoms. The summed E-state index contributed by atoms with van der Waals surface area (Å²) in [5.74, 6) is 0.000373. The van der Waals surface area contributed by atoms with Crippen LogP contribution in [0.3, 0.4) is 0 Å². The van der Waals surface area contributed by atoms with Gasteiger partial charge in [-0.15, -0.1) is 0 Å². The highest BCUT2D eigenvalue weighted by atomic mass is 16.3. The molecule has 0 aliphatic carbocycles. The van der Waals surface area contributed by atoms with Crippen LogP contribution in [0.1, 0.15) is 29.5 Å². The van der Waals surface area contributed by atoms with Crippen LogP contribution in [0.4, 0.5) is 5.69 Å². The van der Waals surface area contributed by atoms with E-state index in [9.17, 15) is 9.90 Å². The maximum atomic E-state index is 12.2. The van der Waals surface area contributed by atoms with Crippen LogP contribution in [0, 0.1) is 20.8 Å². The van der Waals surface area contributed by atoms with E-state index < -0.39 is 0 Å². The number of carbonyl (C=O) groups is 1. The van der Waals surface area contributed by atoms with Crippen molar-refractivity contribution in [2.45, 2.75) is 39.7 Å². The summed E-state index contributed by atoms with van der Waals surface area (Å²) >= 11 is 0. The summed E-state index contributed by atoms with van der Waals surface area (Å²) < 4.78 is 0. The first-order valence-electron chi connectivity index (χ1n) is 7.24. The molecular weight excluding hydrogens is 252 g/mol. The van der Waals surface area contributed by atoms with Crippen LogP contribution in [-0.4, -0.2) is 41.7 Å². The number of hydrogen-bond acceptors (Lipinski definition) is 3. The number of carbonyl (C=O) groups excluding carboxylic acids is 1. The Morgan fingerprint density at radius 3 is 2.60 bits per heavy atom. The van der Waals surface area contributed by atoms with Crippen molar-refractivity contribution in [3.8, 4) is 0 Å². The average Bonchev–Trinajstić information content (AvgIpc) is 2.81. The lowest BCUT2D eigenvalue weighted by atomic mass is 10.1. The number of anilines is 1. The molecule has 0 unspecified atom stereocenters. The summed E-state index contributed by atoms with van der Waals surface area (Å²) in [7, 11) is 0. The molecule has 20 heavy (non-hydrogen) atoms. The fraction of sp³-hybridized carbons (Fsp3) is 0.562. The van der Waals surface area contributed by atoms with E-state index in [1.54, 1.807) is 0 Å². The normalized spacial score (nSPS) is 19.3. The van der Waals surface area contributed by atoms with Crippen LogP contribution < -0.4 is 5.32 Å². The van der Waals surface area contributed by atoms with Crippen LogP contribution in [0.15, 0.2) is 12.1 Å². The molecule has 1 aromatic carbocycles. The molecule has 1 aromatic rings. The van der Waals surface area contributed by atoms with Crippen molar-refractivity contribution in [2.75, 3.05) is 25.0 Å². The maximum absolute atomic E-state index is 12.2. The Bertz CT molecular complexity index is 476. The zero-order chi connectivity index (χ0) is 14.7. The third-order valence-corrected chi connectivity index (χ3v) is 4.00. The van der Waals surface area contributed by atoms with Crippen LogP contribution in [-0.2, 0) is 4.79 Å². The minimum atomic E-state index is 0.000373. The molecule has 0 radical (unpaired) electrons. The minimum absolute atomic E-state index is 0.000373. The summed E-state index contributed by atoms with van der Waals surface area (Å²) in [5.41, 5.74) is 4.31. The highest BCUT2D eigenvalue weighted by molar-refractivity contribution is 5.93. The predicted octanol–water partition coefficient (Wildman–Crippen LogP) is 2.01. The Kier molecular flexibility index (Phi) is 4.78. The van der Waals surface area contributed by atoms with E-state index in [0.29, 0.717) is 6.54 Å². The van der Waals surface area contributed by atoms with Crippen molar-refractivity contribution in [3.05, 3.63) is 28.8 Å². The number of aliphatic hydroxyl groups is 1. The van der Waals surface area contributed by atoms with Gasteiger partial charge >= 0.3 is 0 Å². The van der Waals surface area contributed by atoms with Crippen molar-refractivity contribution in [1.82, 2.24) is 4.90 Å². The number of aryl methyl sites for hydroxylation is 3. The molecule has 1 heterocycles. The molecule has 4 heteroatoms. The van der Waals surface area contributed by atoms with E-state index in [-0.39, 0.29) is 18.6 Å². The second-order valence-electron chi connectivity index (χ2n) is 5.77. The summed E-state index contributed by atoms with van der Waals surface area (Å²) in [4.78, 5) is 14.2. The van der Waals surface area contributed by atoms with Gasteiger partial charge < -0.3 is 10.4 Å². The topological polar surface area (TPSA) is 52.6 Å². The Labute approximate surface area is 120 Å². The maximum Gasteiger partial charge on any atom is 0.238 e. The fourth-order valence-electron chi connectivity index (χ4n) is 3.05. The summed E-state index contributed by atoms with van der Waals surface area (Å²) in [5, 5.41) is 12.3. The van der Waals surface area contributed by atoms with Gasteiger partial charge in [0.2, 0.25) is 5.91 Å². The van der Waals surface area contributed by atoms with Gasteiger partial charge in [0.1, 0.15) is 0 Å². The van der Waals surface area contributed by atoms with Crippen LogP contribution in [0.5, 0.6) is 0 Å². The zero-order valence-corrected chi connectivity index (χ0v) is 12.6. The first-order chi connectivity index (χ1) is 9.51. The second-order valence-corrected chi connectivity index (χ2v) is 5.77. The third-order valence-electron chi connectivity index (χ3n) is 4.00. The highest BCUT2D eigenvalue weighted by Gasteiger charge is 2.25. The number of nitrogens with one attached hydrogen (secondary N) is 1. The van der Waals surface area contributed by atoms with Crippen molar-refractivity contribution >= 4 is 11.6 Å². The van der Waals surface area contributed by atoms with Crippen LogP contribution >= 0.6 is 0 Å². The SMILES string of the molecule is Cc1cc(C)c(NC(=O)CN2CCC[C@H]2CO)c(C)c1. The van der Waals surface area contributed by atoms with E-state index in [1.807, 2.05) is 13.8 Å².